The van der Waals surface area contributed by atoms with Crippen LogP contribution in [-0.4, -0.2) is 29.5 Å². The number of carboxylic acids is 1. The summed E-state index contributed by atoms with van der Waals surface area (Å²) >= 11 is 0. The number of halogens is 3. The van der Waals surface area contributed by atoms with Crippen molar-refractivity contribution >= 4 is 11.9 Å². The summed E-state index contributed by atoms with van der Waals surface area (Å²) in [5.74, 6) is -3.16. The molecule has 98 valence electrons. The molecule has 1 unspecified atom stereocenters. The zero-order valence-electron chi connectivity index (χ0n) is 9.07. The molecule has 0 saturated heterocycles. The van der Waals surface area contributed by atoms with Crippen LogP contribution in [0.15, 0.2) is 24.3 Å². The van der Waals surface area contributed by atoms with Gasteiger partial charge in [0.05, 0.1) is 0 Å². The summed E-state index contributed by atoms with van der Waals surface area (Å²) in [7, 11) is 0. The molecule has 4 nitrogen and oxygen atoms in total. The van der Waals surface area contributed by atoms with Crippen LogP contribution in [0.25, 0.3) is 0 Å². The molecule has 1 atom stereocenters. The van der Waals surface area contributed by atoms with E-state index in [0.717, 1.165) is 12.1 Å². The van der Waals surface area contributed by atoms with E-state index in [0.29, 0.717) is 0 Å². The first-order chi connectivity index (χ1) is 8.40. The molecule has 0 aromatic heterocycles. The molecule has 0 bridgehead atoms. The largest absolute Gasteiger partial charge is 0.480 e. The summed E-state index contributed by atoms with van der Waals surface area (Å²) in [5.41, 5.74) is -0.129. The van der Waals surface area contributed by atoms with Gasteiger partial charge in [-0.2, -0.15) is 0 Å². The number of alkyl halides is 2. The van der Waals surface area contributed by atoms with Crippen LogP contribution in [-0.2, 0) is 4.79 Å². The van der Waals surface area contributed by atoms with Crippen molar-refractivity contribution in [2.45, 2.75) is 18.9 Å². The van der Waals surface area contributed by atoms with Crippen LogP contribution < -0.4 is 5.32 Å². The van der Waals surface area contributed by atoms with Gasteiger partial charge < -0.3 is 10.4 Å². The first-order valence-corrected chi connectivity index (χ1v) is 4.97. The third kappa shape index (κ3) is 4.08. The molecule has 1 aromatic carbocycles. The molecule has 18 heavy (non-hydrogen) atoms. The normalized spacial score (nSPS) is 12.2. The van der Waals surface area contributed by atoms with E-state index in [9.17, 15) is 22.8 Å². The smallest absolute Gasteiger partial charge is 0.326 e. The van der Waals surface area contributed by atoms with Gasteiger partial charge in [0.25, 0.3) is 5.91 Å². The number of aliphatic carboxylic acids is 1. The third-order valence-electron chi connectivity index (χ3n) is 2.10. The maximum absolute atomic E-state index is 12.8. The Labute approximate surface area is 100 Å². The number of carboxylic acid groups (broad SMARTS) is 1. The van der Waals surface area contributed by atoms with Gasteiger partial charge in [-0.25, -0.2) is 18.0 Å². The standard InChI is InChI=1S/C11H10F3NO3/c12-7-3-1-2-6(4-7)10(16)15-8(11(17)18)5-9(13)14/h1-4,8-9H,5H2,(H,15,16)(H,17,18). The first kappa shape index (κ1) is 14.0. The molecule has 0 aliphatic carbocycles. The highest BCUT2D eigenvalue weighted by Crippen LogP contribution is 2.07. The predicted molar refractivity (Wildman–Crippen MR) is 55.9 cm³/mol. The minimum absolute atomic E-state index is 0.129. The van der Waals surface area contributed by atoms with Gasteiger partial charge in [-0.15, -0.1) is 0 Å². The molecule has 0 fully saturated rings. The first-order valence-electron chi connectivity index (χ1n) is 4.97. The lowest BCUT2D eigenvalue weighted by atomic mass is 10.1. The Morgan fingerprint density at radius 3 is 2.50 bits per heavy atom. The van der Waals surface area contributed by atoms with Crippen molar-refractivity contribution in [3.63, 3.8) is 0 Å². The second-order valence-corrected chi connectivity index (χ2v) is 3.50. The van der Waals surface area contributed by atoms with E-state index in [1.807, 2.05) is 5.32 Å². The Kier molecular flexibility index (Phi) is 4.70. The van der Waals surface area contributed by atoms with Crippen LogP contribution >= 0.6 is 0 Å². The molecular weight excluding hydrogens is 251 g/mol. The van der Waals surface area contributed by atoms with Crippen molar-refractivity contribution in [2.75, 3.05) is 0 Å². The van der Waals surface area contributed by atoms with E-state index in [4.69, 9.17) is 5.11 Å². The van der Waals surface area contributed by atoms with E-state index >= 15 is 0 Å². The lowest BCUT2D eigenvalue weighted by Crippen LogP contribution is -2.42. The SMILES string of the molecule is O=C(NC(CC(F)F)C(=O)O)c1cccc(F)c1. The highest BCUT2D eigenvalue weighted by Gasteiger charge is 2.24. The number of carbonyl (C=O) groups is 2. The van der Waals surface area contributed by atoms with Gasteiger partial charge in [-0.1, -0.05) is 6.07 Å². The molecule has 0 spiro atoms. The topological polar surface area (TPSA) is 66.4 Å². The molecular formula is C11H10F3NO3. The van der Waals surface area contributed by atoms with Crippen molar-refractivity contribution in [1.29, 1.82) is 0 Å². The van der Waals surface area contributed by atoms with Crippen molar-refractivity contribution in [1.82, 2.24) is 5.32 Å². The highest BCUT2D eigenvalue weighted by molar-refractivity contribution is 5.96. The maximum atomic E-state index is 12.8. The van der Waals surface area contributed by atoms with Crippen molar-refractivity contribution in [3.8, 4) is 0 Å². The summed E-state index contributed by atoms with van der Waals surface area (Å²) < 4.78 is 37.0. The van der Waals surface area contributed by atoms with Crippen molar-refractivity contribution in [2.24, 2.45) is 0 Å². The Morgan fingerprint density at radius 2 is 2.00 bits per heavy atom. The number of rotatable bonds is 5. The van der Waals surface area contributed by atoms with Crippen LogP contribution in [0.4, 0.5) is 13.2 Å². The fourth-order valence-corrected chi connectivity index (χ4v) is 1.27. The van der Waals surface area contributed by atoms with E-state index in [1.165, 1.54) is 12.1 Å². The molecule has 1 aromatic rings. The predicted octanol–water partition coefficient (Wildman–Crippen LogP) is 1.66. The molecule has 2 N–H and O–H groups in total. The van der Waals surface area contributed by atoms with Gasteiger partial charge in [-0.05, 0) is 18.2 Å². The Bertz CT molecular complexity index is 451. The summed E-state index contributed by atoms with van der Waals surface area (Å²) in [6.45, 7) is 0. The van der Waals surface area contributed by atoms with E-state index in [1.54, 1.807) is 0 Å². The zero-order chi connectivity index (χ0) is 13.7. The fourth-order valence-electron chi connectivity index (χ4n) is 1.27. The number of hydrogen-bond donors (Lipinski definition) is 2. The average molecular weight is 261 g/mol. The molecule has 0 radical (unpaired) electrons. The van der Waals surface area contributed by atoms with Crippen LogP contribution in [0.2, 0.25) is 0 Å². The van der Waals surface area contributed by atoms with Gasteiger partial charge in [0.1, 0.15) is 11.9 Å². The minimum Gasteiger partial charge on any atom is -0.480 e. The van der Waals surface area contributed by atoms with Gasteiger partial charge >= 0.3 is 5.97 Å². The van der Waals surface area contributed by atoms with Crippen LogP contribution in [0.5, 0.6) is 0 Å². The molecule has 0 saturated carbocycles. The van der Waals surface area contributed by atoms with Gasteiger partial charge in [0, 0.05) is 12.0 Å². The summed E-state index contributed by atoms with van der Waals surface area (Å²) in [6, 6.07) is 2.79. The lowest BCUT2D eigenvalue weighted by molar-refractivity contribution is -0.140. The van der Waals surface area contributed by atoms with Crippen LogP contribution in [0.3, 0.4) is 0 Å². The van der Waals surface area contributed by atoms with Crippen molar-refractivity contribution < 1.29 is 27.9 Å². The number of amides is 1. The molecule has 0 aliphatic heterocycles. The summed E-state index contributed by atoms with van der Waals surface area (Å²) in [5, 5.41) is 10.6. The highest BCUT2D eigenvalue weighted by atomic mass is 19.3. The number of carbonyl (C=O) groups excluding carboxylic acids is 1. The Morgan fingerprint density at radius 1 is 1.33 bits per heavy atom. The molecule has 1 amide bonds. The zero-order valence-corrected chi connectivity index (χ0v) is 9.07. The van der Waals surface area contributed by atoms with E-state index < -0.39 is 36.6 Å². The monoisotopic (exact) mass is 261 g/mol. The second kappa shape index (κ2) is 6.04. The van der Waals surface area contributed by atoms with Crippen LogP contribution in [0, 0.1) is 5.82 Å². The average Bonchev–Trinajstić information content (AvgIpc) is 2.27. The number of benzene rings is 1. The lowest BCUT2D eigenvalue weighted by Gasteiger charge is -2.13. The number of nitrogens with one attached hydrogen (secondary N) is 1. The Hall–Kier alpha value is -2.05. The molecule has 1 rings (SSSR count). The molecule has 0 aliphatic rings. The van der Waals surface area contributed by atoms with Crippen molar-refractivity contribution in [3.05, 3.63) is 35.6 Å². The quantitative estimate of drug-likeness (QED) is 0.847. The van der Waals surface area contributed by atoms with Gasteiger partial charge in [-0.3, -0.25) is 4.79 Å². The number of hydrogen-bond acceptors (Lipinski definition) is 2. The van der Waals surface area contributed by atoms with E-state index in [2.05, 4.69) is 0 Å². The summed E-state index contributed by atoms with van der Waals surface area (Å²) in [4.78, 5) is 22.2. The molecule has 0 heterocycles. The van der Waals surface area contributed by atoms with E-state index in [-0.39, 0.29) is 5.56 Å². The van der Waals surface area contributed by atoms with Gasteiger partial charge in [0.15, 0.2) is 0 Å². The fraction of sp³-hybridized carbons (Fsp3) is 0.273. The Balaban J connectivity index is 2.75. The minimum atomic E-state index is -2.86. The second-order valence-electron chi connectivity index (χ2n) is 3.50. The maximum Gasteiger partial charge on any atom is 0.326 e. The van der Waals surface area contributed by atoms with Crippen LogP contribution in [0.1, 0.15) is 16.8 Å². The summed E-state index contributed by atoms with van der Waals surface area (Å²) in [6.07, 6.45) is -3.87. The third-order valence-corrected chi connectivity index (χ3v) is 2.10. The molecule has 7 heteroatoms. The van der Waals surface area contributed by atoms with Gasteiger partial charge in [0.2, 0.25) is 6.43 Å².